The standard InChI is InChI=1S/C18H19BrN2O3S2/c1-4-24-16(23)18(2,3)26-17-20-13-9-10-25-14(13)15(22)21(17)12-7-5-11(19)6-8-12/h5-8H,4,9-10H2,1-3H3. The Bertz CT molecular complexity index is 895. The van der Waals surface area contributed by atoms with Gasteiger partial charge >= 0.3 is 5.97 Å². The second-order valence-corrected chi connectivity index (χ2v) is 9.83. The van der Waals surface area contributed by atoms with Gasteiger partial charge in [-0.05, 0) is 45.0 Å². The van der Waals surface area contributed by atoms with E-state index in [4.69, 9.17) is 9.72 Å². The van der Waals surface area contributed by atoms with Crippen LogP contribution in [0.5, 0.6) is 0 Å². The molecule has 0 saturated heterocycles. The number of carbonyl (C=O) groups is 1. The van der Waals surface area contributed by atoms with Gasteiger partial charge in [-0.15, -0.1) is 11.8 Å². The summed E-state index contributed by atoms with van der Waals surface area (Å²) in [6, 6.07) is 7.49. The van der Waals surface area contributed by atoms with Crippen molar-refractivity contribution in [2.24, 2.45) is 0 Å². The van der Waals surface area contributed by atoms with Crippen LogP contribution >= 0.6 is 39.5 Å². The Morgan fingerprint density at radius 2 is 2.08 bits per heavy atom. The highest BCUT2D eigenvalue weighted by Crippen LogP contribution is 2.36. The van der Waals surface area contributed by atoms with E-state index in [9.17, 15) is 9.59 Å². The van der Waals surface area contributed by atoms with Gasteiger partial charge in [0.2, 0.25) is 0 Å². The normalized spacial score (nSPS) is 13.5. The summed E-state index contributed by atoms with van der Waals surface area (Å²) in [7, 11) is 0. The molecular weight excluding hydrogens is 436 g/mol. The highest BCUT2D eigenvalue weighted by molar-refractivity contribution is 9.10. The van der Waals surface area contributed by atoms with Gasteiger partial charge in [-0.3, -0.25) is 14.2 Å². The molecule has 1 aromatic carbocycles. The van der Waals surface area contributed by atoms with E-state index < -0.39 is 4.75 Å². The van der Waals surface area contributed by atoms with Gasteiger partial charge in [0.05, 0.1) is 22.9 Å². The highest BCUT2D eigenvalue weighted by Gasteiger charge is 2.34. The number of aryl methyl sites for hydroxylation is 1. The first-order valence-electron chi connectivity index (χ1n) is 8.24. The number of esters is 1. The molecule has 0 amide bonds. The van der Waals surface area contributed by atoms with Gasteiger partial charge in [-0.2, -0.15) is 0 Å². The molecule has 0 aliphatic carbocycles. The van der Waals surface area contributed by atoms with Crippen molar-refractivity contribution in [2.45, 2.75) is 42.0 Å². The van der Waals surface area contributed by atoms with E-state index in [2.05, 4.69) is 15.9 Å². The summed E-state index contributed by atoms with van der Waals surface area (Å²) in [4.78, 5) is 30.8. The number of ether oxygens (including phenoxy) is 1. The number of fused-ring (bicyclic) bond motifs is 1. The summed E-state index contributed by atoms with van der Waals surface area (Å²) in [5, 5.41) is 0.511. The Kier molecular flexibility index (Phi) is 5.84. The topological polar surface area (TPSA) is 61.2 Å². The molecule has 1 aliphatic heterocycles. The number of thioether (sulfide) groups is 2. The van der Waals surface area contributed by atoms with E-state index in [1.165, 1.54) is 11.8 Å². The molecule has 1 aliphatic rings. The van der Waals surface area contributed by atoms with E-state index in [1.807, 2.05) is 24.3 Å². The number of benzene rings is 1. The number of aromatic nitrogens is 2. The number of hydrogen-bond acceptors (Lipinski definition) is 6. The molecule has 2 heterocycles. The van der Waals surface area contributed by atoms with Crippen LogP contribution in [0.2, 0.25) is 0 Å². The fourth-order valence-corrected chi connectivity index (χ4v) is 4.88. The number of nitrogens with zero attached hydrogens (tertiary/aromatic N) is 2. The van der Waals surface area contributed by atoms with Gasteiger partial charge in [-0.1, -0.05) is 27.7 Å². The molecule has 0 N–H and O–H groups in total. The molecular formula is C18H19BrN2O3S2. The maximum atomic E-state index is 13.1. The van der Waals surface area contributed by atoms with Crippen LogP contribution in [0.4, 0.5) is 0 Å². The molecule has 0 unspecified atom stereocenters. The molecule has 2 aromatic rings. The van der Waals surface area contributed by atoms with Crippen LogP contribution in [0, 0.1) is 0 Å². The maximum absolute atomic E-state index is 13.1. The Hall–Kier alpha value is -1.25. The van der Waals surface area contributed by atoms with Crippen molar-refractivity contribution >= 4 is 45.4 Å². The molecule has 0 fully saturated rings. The quantitative estimate of drug-likeness (QED) is 0.385. The molecule has 0 atom stereocenters. The van der Waals surface area contributed by atoms with Gasteiger partial charge in [0.15, 0.2) is 5.16 Å². The van der Waals surface area contributed by atoms with Gasteiger partial charge in [-0.25, -0.2) is 4.98 Å². The Morgan fingerprint density at radius 1 is 1.38 bits per heavy atom. The lowest BCUT2D eigenvalue weighted by Crippen LogP contribution is -2.32. The predicted molar refractivity (Wildman–Crippen MR) is 109 cm³/mol. The molecule has 3 rings (SSSR count). The molecule has 138 valence electrons. The average molecular weight is 455 g/mol. The first-order chi connectivity index (χ1) is 12.3. The minimum absolute atomic E-state index is 0.0815. The minimum Gasteiger partial charge on any atom is -0.465 e. The third kappa shape index (κ3) is 3.87. The van der Waals surface area contributed by atoms with Crippen LogP contribution < -0.4 is 5.56 Å². The van der Waals surface area contributed by atoms with Crippen LogP contribution in [0.1, 0.15) is 26.5 Å². The van der Waals surface area contributed by atoms with Gasteiger partial charge < -0.3 is 4.74 Å². The molecule has 26 heavy (non-hydrogen) atoms. The Labute approximate surface area is 169 Å². The molecule has 0 bridgehead atoms. The van der Waals surface area contributed by atoms with Crippen molar-refractivity contribution < 1.29 is 9.53 Å². The van der Waals surface area contributed by atoms with E-state index in [-0.39, 0.29) is 11.5 Å². The molecule has 8 heteroatoms. The van der Waals surface area contributed by atoms with Crippen molar-refractivity contribution in [2.75, 3.05) is 12.4 Å². The van der Waals surface area contributed by atoms with Gasteiger partial charge in [0.1, 0.15) is 4.75 Å². The van der Waals surface area contributed by atoms with Crippen molar-refractivity contribution in [3.8, 4) is 5.69 Å². The van der Waals surface area contributed by atoms with E-state index in [1.54, 1.807) is 37.1 Å². The third-order valence-electron chi connectivity index (χ3n) is 3.86. The summed E-state index contributed by atoms with van der Waals surface area (Å²) in [5.41, 5.74) is 1.46. The zero-order chi connectivity index (χ0) is 18.9. The predicted octanol–water partition coefficient (Wildman–Crippen LogP) is 4.08. The third-order valence-corrected chi connectivity index (χ3v) is 6.63. The Balaban J connectivity index is 2.12. The van der Waals surface area contributed by atoms with E-state index in [0.29, 0.717) is 16.7 Å². The van der Waals surface area contributed by atoms with Gasteiger partial charge in [0.25, 0.3) is 5.56 Å². The fourth-order valence-electron chi connectivity index (χ4n) is 2.55. The second-order valence-electron chi connectivity index (χ2n) is 6.22. The number of halogens is 1. The maximum Gasteiger partial charge on any atom is 0.322 e. The van der Waals surface area contributed by atoms with Crippen LogP contribution in [0.15, 0.2) is 43.6 Å². The lowest BCUT2D eigenvalue weighted by Gasteiger charge is -2.23. The zero-order valence-electron chi connectivity index (χ0n) is 14.7. The Morgan fingerprint density at radius 3 is 2.73 bits per heavy atom. The summed E-state index contributed by atoms with van der Waals surface area (Å²) < 4.78 is 6.85. The molecule has 0 radical (unpaired) electrons. The summed E-state index contributed by atoms with van der Waals surface area (Å²) >= 11 is 6.21. The number of rotatable bonds is 5. The first kappa shape index (κ1) is 19.5. The summed E-state index contributed by atoms with van der Waals surface area (Å²) in [6.45, 7) is 5.67. The lowest BCUT2D eigenvalue weighted by molar-refractivity contribution is -0.145. The SMILES string of the molecule is CCOC(=O)C(C)(C)Sc1nc2c(c(=O)n1-c1ccc(Br)cc1)SCC2. The summed E-state index contributed by atoms with van der Waals surface area (Å²) in [6.07, 6.45) is 0.768. The largest absolute Gasteiger partial charge is 0.465 e. The van der Waals surface area contributed by atoms with E-state index in [0.717, 1.165) is 28.0 Å². The summed E-state index contributed by atoms with van der Waals surface area (Å²) in [5.74, 6) is 0.532. The van der Waals surface area contributed by atoms with Gasteiger partial charge in [0, 0.05) is 16.6 Å². The average Bonchev–Trinajstić information content (AvgIpc) is 3.05. The van der Waals surface area contributed by atoms with Crippen LogP contribution in [-0.4, -0.2) is 32.6 Å². The second kappa shape index (κ2) is 7.78. The smallest absolute Gasteiger partial charge is 0.322 e. The zero-order valence-corrected chi connectivity index (χ0v) is 18.0. The number of hydrogen-bond donors (Lipinski definition) is 0. The van der Waals surface area contributed by atoms with E-state index >= 15 is 0 Å². The van der Waals surface area contributed by atoms with Crippen molar-refractivity contribution in [3.05, 3.63) is 44.8 Å². The van der Waals surface area contributed by atoms with Crippen molar-refractivity contribution in [1.82, 2.24) is 9.55 Å². The first-order valence-corrected chi connectivity index (χ1v) is 10.8. The highest BCUT2D eigenvalue weighted by atomic mass is 79.9. The lowest BCUT2D eigenvalue weighted by atomic mass is 10.2. The fraction of sp³-hybridized carbons (Fsp3) is 0.389. The molecule has 5 nitrogen and oxygen atoms in total. The van der Waals surface area contributed by atoms with Crippen molar-refractivity contribution in [3.63, 3.8) is 0 Å². The monoisotopic (exact) mass is 454 g/mol. The molecule has 0 saturated carbocycles. The van der Waals surface area contributed by atoms with Crippen LogP contribution in [-0.2, 0) is 16.0 Å². The van der Waals surface area contributed by atoms with Crippen molar-refractivity contribution in [1.29, 1.82) is 0 Å². The molecule has 0 spiro atoms. The number of carbonyl (C=O) groups excluding carboxylic acids is 1. The van der Waals surface area contributed by atoms with Crippen LogP contribution in [0.3, 0.4) is 0 Å². The minimum atomic E-state index is -0.855. The van der Waals surface area contributed by atoms with Crippen LogP contribution in [0.25, 0.3) is 5.69 Å². The molecule has 1 aromatic heterocycles.